The second-order valence-electron chi connectivity index (χ2n) is 10.6. The molecule has 0 unspecified atom stereocenters. The highest BCUT2D eigenvalue weighted by Crippen LogP contribution is 2.51. The third kappa shape index (κ3) is 4.00. The molecule has 3 heterocycles. The Balaban J connectivity index is 1.66. The molecule has 2 aromatic carbocycles. The summed E-state index contributed by atoms with van der Waals surface area (Å²) in [6.07, 6.45) is -2.64. The highest BCUT2D eigenvalue weighted by atomic mass is 19.4. The van der Waals surface area contributed by atoms with Crippen molar-refractivity contribution in [1.82, 2.24) is 14.9 Å². The number of halogens is 3. The first-order valence-corrected chi connectivity index (χ1v) is 12.6. The van der Waals surface area contributed by atoms with Crippen molar-refractivity contribution in [3.05, 3.63) is 88.4 Å². The van der Waals surface area contributed by atoms with Gasteiger partial charge in [0.15, 0.2) is 0 Å². The summed E-state index contributed by atoms with van der Waals surface area (Å²) in [7, 11) is 0. The molecule has 188 valence electrons. The number of rotatable bonds is 3. The molecule has 0 aliphatic carbocycles. The normalized spacial score (nSPS) is 23.4. The van der Waals surface area contributed by atoms with Crippen LogP contribution in [0.4, 0.5) is 13.2 Å². The minimum Gasteiger partial charge on any atom is -0.359 e. The van der Waals surface area contributed by atoms with Crippen molar-refractivity contribution < 1.29 is 13.2 Å². The van der Waals surface area contributed by atoms with Crippen LogP contribution in [0.1, 0.15) is 65.6 Å². The van der Waals surface area contributed by atoms with Crippen LogP contribution < -0.4 is 0 Å². The number of piperidine rings is 1. The van der Waals surface area contributed by atoms with Gasteiger partial charge in [0.2, 0.25) is 0 Å². The molecule has 6 heteroatoms. The topological polar surface area (TPSA) is 29.0 Å². The van der Waals surface area contributed by atoms with E-state index in [4.69, 9.17) is 9.97 Å². The molecule has 3 nitrogen and oxygen atoms in total. The monoisotopic (exact) mass is 491 g/mol. The van der Waals surface area contributed by atoms with Gasteiger partial charge in [0.25, 0.3) is 0 Å². The molecule has 0 amide bonds. The highest BCUT2D eigenvalue weighted by Gasteiger charge is 2.47. The Kier molecular flexibility index (Phi) is 5.97. The lowest BCUT2D eigenvalue weighted by atomic mass is 9.71. The molecule has 2 aliphatic rings. The number of benzene rings is 2. The molecule has 4 atom stereocenters. The number of aryl methyl sites for hydroxylation is 2. The van der Waals surface area contributed by atoms with Gasteiger partial charge in [0.1, 0.15) is 5.82 Å². The largest absolute Gasteiger partial charge is 0.416 e. The standard InChI is InChI=1S/C30H32F3N3/c1-16-10-12-22(13-11-16)27-24-15-26-17(2)14-18(3)29(28(24)35-21(6)34-27)36(26)20(5)23-8-7-9-25(19(23)4)30(31,32)33/h7-13,17-18,26,29H,5,14-15H2,1-4,6H3/t17-,18+,26+,29+/m0/s1. The maximum absolute atomic E-state index is 13.7. The van der Waals surface area contributed by atoms with Crippen LogP contribution in [0.15, 0.2) is 49.0 Å². The van der Waals surface area contributed by atoms with Crippen LogP contribution in [-0.4, -0.2) is 20.9 Å². The Morgan fingerprint density at radius 3 is 2.33 bits per heavy atom. The van der Waals surface area contributed by atoms with Crippen molar-refractivity contribution in [1.29, 1.82) is 0 Å². The molecule has 1 saturated heterocycles. The SMILES string of the molecule is C=C(c1cccc(C(F)(F)F)c1C)N1[C@@H]2Cc3c(-c4ccc(C)cc4)nc(C)nc3[C@H]1[C@H](C)C[C@@H]2C. The Morgan fingerprint density at radius 2 is 1.67 bits per heavy atom. The van der Waals surface area contributed by atoms with Crippen molar-refractivity contribution in [3.63, 3.8) is 0 Å². The predicted molar refractivity (Wildman–Crippen MR) is 137 cm³/mol. The summed E-state index contributed by atoms with van der Waals surface area (Å²) in [5.41, 5.74) is 6.18. The molecule has 1 aromatic heterocycles. The number of hydrogen-bond donors (Lipinski definition) is 0. The Bertz CT molecular complexity index is 1330. The average Bonchev–Trinajstić information content (AvgIpc) is 2.81. The summed E-state index contributed by atoms with van der Waals surface area (Å²) in [5, 5.41) is 0. The quantitative estimate of drug-likeness (QED) is 0.376. The first-order chi connectivity index (χ1) is 17.0. The molecule has 1 fully saturated rings. The number of fused-ring (bicyclic) bond motifs is 4. The first-order valence-electron chi connectivity index (χ1n) is 12.6. The van der Waals surface area contributed by atoms with Crippen LogP contribution in [0.2, 0.25) is 0 Å². The van der Waals surface area contributed by atoms with Gasteiger partial charge in [-0.15, -0.1) is 0 Å². The number of alkyl halides is 3. The van der Waals surface area contributed by atoms with Crippen LogP contribution >= 0.6 is 0 Å². The number of aromatic nitrogens is 2. The van der Waals surface area contributed by atoms with E-state index in [1.54, 1.807) is 13.0 Å². The second kappa shape index (κ2) is 8.75. The molecular weight excluding hydrogens is 459 g/mol. The van der Waals surface area contributed by atoms with E-state index in [0.29, 0.717) is 23.0 Å². The van der Waals surface area contributed by atoms with Gasteiger partial charge in [0, 0.05) is 28.4 Å². The number of hydrogen-bond acceptors (Lipinski definition) is 3. The second-order valence-corrected chi connectivity index (χ2v) is 10.6. The van der Waals surface area contributed by atoms with Gasteiger partial charge < -0.3 is 4.90 Å². The van der Waals surface area contributed by atoms with Crippen LogP contribution in [0.25, 0.3) is 17.0 Å². The van der Waals surface area contributed by atoms with E-state index in [0.717, 1.165) is 41.4 Å². The van der Waals surface area contributed by atoms with Crippen LogP contribution in [-0.2, 0) is 12.6 Å². The summed E-state index contributed by atoms with van der Waals surface area (Å²) >= 11 is 0. The van der Waals surface area contributed by atoms with Gasteiger partial charge >= 0.3 is 6.18 Å². The Hall–Kier alpha value is -3.15. The zero-order chi connectivity index (χ0) is 25.9. The van der Waals surface area contributed by atoms with E-state index >= 15 is 0 Å². The summed E-state index contributed by atoms with van der Waals surface area (Å²) < 4.78 is 41.1. The molecule has 0 radical (unpaired) electrons. The smallest absolute Gasteiger partial charge is 0.359 e. The van der Waals surface area contributed by atoms with E-state index in [1.165, 1.54) is 11.6 Å². The Morgan fingerprint density at radius 1 is 0.972 bits per heavy atom. The molecule has 0 spiro atoms. The molecule has 2 aliphatic heterocycles. The van der Waals surface area contributed by atoms with Crippen molar-refractivity contribution >= 4 is 5.70 Å². The van der Waals surface area contributed by atoms with Gasteiger partial charge in [-0.25, -0.2) is 9.97 Å². The summed E-state index contributed by atoms with van der Waals surface area (Å²) in [6.45, 7) is 14.4. The van der Waals surface area contributed by atoms with E-state index in [2.05, 4.69) is 56.5 Å². The van der Waals surface area contributed by atoms with Gasteiger partial charge in [-0.05, 0) is 57.1 Å². The van der Waals surface area contributed by atoms with Crippen LogP contribution in [0.5, 0.6) is 0 Å². The van der Waals surface area contributed by atoms with E-state index in [-0.39, 0.29) is 23.6 Å². The fourth-order valence-corrected chi connectivity index (χ4v) is 6.31. The zero-order valence-corrected chi connectivity index (χ0v) is 21.4. The minimum absolute atomic E-state index is 0.0673. The van der Waals surface area contributed by atoms with Gasteiger partial charge in [-0.3, -0.25) is 0 Å². The Labute approximate surface area is 211 Å². The van der Waals surface area contributed by atoms with Crippen molar-refractivity contribution in [2.75, 3.05) is 0 Å². The van der Waals surface area contributed by atoms with E-state index < -0.39 is 11.7 Å². The van der Waals surface area contributed by atoms with Gasteiger partial charge in [-0.2, -0.15) is 13.2 Å². The lowest BCUT2D eigenvalue weighted by Crippen LogP contribution is -2.52. The maximum Gasteiger partial charge on any atom is 0.416 e. The number of nitrogens with zero attached hydrogens (tertiary/aromatic N) is 3. The predicted octanol–water partition coefficient (Wildman–Crippen LogP) is 7.70. The summed E-state index contributed by atoms with van der Waals surface area (Å²) in [6, 6.07) is 12.8. The lowest BCUT2D eigenvalue weighted by Gasteiger charge is -2.54. The van der Waals surface area contributed by atoms with Crippen molar-refractivity contribution in [2.24, 2.45) is 11.8 Å². The summed E-state index contributed by atoms with van der Waals surface area (Å²) in [4.78, 5) is 12.1. The highest BCUT2D eigenvalue weighted by molar-refractivity contribution is 5.70. The fraction of sp³-hybridized carbons (Fsp3) is 0.400. The third-order valence-electron chi connectivity index (χ3n) is 8.03. The third-order valence-corrected chi connectivity index (χ3v) is 8.03. The molecular formula is C30H32F3N3. The first kappa shape index (κ1) is 24.5. The van der Waals surface area contributed by atoms with Gasteiger partial charge in [0.05, 0.1) is 23.0 Å². The molecule has 5 rings (SSSR count). The molecule has 0 N–H and O–H groups in total. The zero-order valence-electron chi connectivity index (χ0n) is 21.4. The molecule has 0 saturated carbocycles. The molecule has 3 aromatic rings. The average molecular weight is 492 g/mol. The molecule has 2 bridgehead atoms. The van der Waals surface area contributed by atoms with Crippen molar-refractivity contribution in [2.45, 2.75) is 65.7 Å². The van der Waals surface area contributed by atoms with Crippen LogP contribution in [0, 0.1) is 32.6 Å². The maximum atomic E-state index is 13.7. The molecule has 36 heavy (non-hydrogen) atoms. The van der Waals surface area contributed by atoms with Gasteiger partial charge in [-0.1, -0.05) is 62.4 Å². The minimum atomic E-state index is -4.40. The van der Waals surface area contributed by atoms with E-state index in [1.807, 2.05) is 6.92 Å². The van der Waals surface area contributed by atoms with Crippen LogP contribution in [0.3, 0.4) is 0 Å². The fourth-order valence-electron chi connectivity index (χ4n) is 6.31. The summed E-state index contributed by atoms with van der Waals surface area (Å²) in [5.74, 6) is 1.31. The lowest BCUT2D eigenvalue weighted by molar-refractivity contribution is -0.138. The van der Waals surface area contributed by atoms with E-state index in [9.17, 15) is 13.2 Å². The van der Waals surface area contributed by atoms with Crippen molar-refractivity contribution in [3.8, 4) is 11.3 Å².